The number of hydrogen-bond acceptors (Lipinski definition) is 12. The minimum atomic E-state index is -1.60. The van der Waals surface area contributed by atoms with Crippen LogP contribution in [-0.4, -0.2) is 116 Å². The first-order chi connectivity index (χ1) is 24.7. The first-order valence-electron chi connectivity index (χ1n) is 20.4. The van der Waals surface area contributed by atoms with E-state index in [1.807, 2.05) is 0 Å². The van der Waals surface area contributed by atoms with Gasteiger partial charge in [0, 0.05) is 5.92 Å². The molecule has 53 heavy (non-hydrogen) atoms. The molecule has 0 radical (unpaired) electrons. The highest BCUT2D eigenvalue weighted by Gasteiger charge is 2.78. The number of carbonyl (C=O) groups excluding carboxylic acids is 1. The topological polar surface area (TPSA) is 185 Å². The van der Waals surface area contributed by atoms with Crippen molar-refractivity contribution in [1.29, 1.82) is 0 Å². The van der Waals surface area contributed by atoms with Gasteiger partial charge in [0.25, 0.3) is 0 Å². The molecule has 0 aromatic heterocycles. The Kier molecular flexibility index (Phi) is 10.4. The van der Waals surface area contributed by atoms with E-state index < -0.39 is 83.3 Å². The second kappa shape index (κ2) is 13.7. The highest BCUT2D eigenvalue weighted by molar-refractivity contribution is 5.84. The fourth-order valence-electron chi connectivity index (χ4n) is 12.9. The average Bonchev–Trinajstić information content (AvgIpc) is 3.54. The van der Waals surface area contributed by atoms with E-state index in [0.29, 0.717) is 12.3 Å². The van der Waals surface area contributed by atoms with Crippen molar-refractivity contribution in [2.24, 2.45) is 45.3 Å². The van der Waals surface area contributed by atoms with Gasteiger partial charge in [-0.1, -0.05) is 59.6 Å². The van der Waals surface area contributed by atoms with Gasteiger partial charge in [-0.3, -0.25) is 4.79 Å². The lowest BCUT2D eigenvalue weighted by Crippen LogP contribution is -2.64. The number of esters is 1. The smallest absolute Gasteiger partial charge is 0.316 e. The molecule has 6 N–H and O–H groups in total. The summed E-state index contributed by atoms with van der Waals surface area (Å²) in [5.74, 6) is 0.633. The standard InChI is InChI=1S/C41H66O12/c1-20(2)10-9-15-40(8)26-13-17-39(7)22-11-12-25-37(4,5)28(14-16-38(25,6)23(22)18-27(43)41(26,39)36(48)53-40)51-35-33(30(45)24(42)19-49-35)52-34-32(47)31(46)29(44)21(3)50-34/h18,20-22,24-35,42-47H,9-17,19H2,1-8H3/t21-,22?,24-,25?,26-,27+,28+,29-,30+,31+,32-,33-,34+,35+,38-,39+,40+,41+/m1/s1. The molecule has 0 amide bonds. The third-order valence-electron chi connectivity index (χ3n) is 15.9. The van der Waals surface area contributed by atoms with Gasteiger partial charge in [-0.05, 0) is 99.2 Å². The molecule has 3 heterocycles. The maximum absolute atomic E-state index is 14.2. The number of allylic oxidation sites excluding steroid dienone is 1. The van der Waals surface area contributed by atoms with Crippen LogP contribution >= 0.6 is 0 Å². The normalized spacial score (nSPS) is 53.3. The van der Waals surface area contributed by atoms with Crippen LogP contribution in [-0.2, 0) is 28.5 Å². The van der Waals surface area contributed by atoms with Crippen molar-refractivity contribution in [3.05, 3.63) is 11.6 Å². The van der Waals surface area contributed by atoms with E-state index >= 15 is 0 Å². The van der Waals surface area contributed by atoms with Crippen LogP contribution in [0.25, 0.3) is 0 Å². The Morgan fingerprint density at radius 3 is 2.26 bits per heavy atom. The minimum absolute atomic E-state index is 0.0326. The Morgan fingerprint density at radius 2 is 1.57 bits per heavy atom. The van der Waals surface area contributed by atoms with Gasteiger partial charge in [-0.25, -0.2) is 0 Å². The Bertz CT molecular complexity index is 1420. The summed E-state index contributed by atoms with van der Waals surface area (Å²) in [6, 6.07) is 0. The van der Waals surface area contributed by atoms with Gasteiger partial charge < -0.3 is 54.3 Å². The van der Waals surface area contributed by atoms with Crippen LogP contribution in [0.1, 0.15) is 113 Å². The number of hydrogen-bond donors (Lipinski definition) is 6. The van der Waals surface area contributed by atoms with Crippen molar-refractivity contribution in [2.45, 2.75) is 186 Å². The van der Waals surface area contributed by atoms with Crippen LogP contribution in [0.4, 0.5) is 0 Å². The number of rotatable bonds is 8. The molecule has 2 unspecified atom stereocenters. The van der Waals surface area contributed by atoms with Crippen LogP contribution in [0.15, 0.2) is 11.6 Å². The molecule has 3 saturated carbocycles. The maximum Gasteiger partial charge on any atom is 0.316 e. The zero-order valence-electron chi connectivity index (χ0n) is 32.9. The Morgan fingerprint density at radius 1 is 0.849 bits per heavy atom. The highest BCUT2D eigenvalue weighted by Crippen LogP contribution is 2.76. The van der Waals surface area contributed by atoms with Gasteiger partial charge in [-0.2, -0.15) is 0 Å². The lowest BCUT2D eigenvalue weighted by molar-refractivity contribution is -0.363. The molecule has 0 aromatic carbocycles. The van der Waals surface area contributed by atoms with Crippen LogP contribution in [0.2, 0.25) is 0 Å². The Balaban J connectivity index is 1.12. The maximum atomic E-state index is 14.2. The molecule has 12 heteroatoms. The molecule has 18 atom stereocenters. The molecule has 3 aliphatic heterocycles. The lowest BCUT2D eigenvalue weighted by atomic mass is 9.40. The van der Waals surface area contributed by atoms with E-state index in [0.717, 1.165) is 51.4 Å². The monoisotopic (exact) mass is 750 g/mol. The number of ether oxygens (including phenoxy) is 5. The predicted molar refractivity (Wildman–Crippen MR) is 192 cm³/mol. The third kappa shape index (κ3) is 5.85. The zero-order valence-corrected chi connectivity index (χ0v) is 32.9. The molecule has 0 aromatic rings. The largest absolute Gasteiger partial charge is 0.459 e. The molecule has 302 valence electrons. The Labute approximate surface area is 314 Å². The molecule has 0 bridgehead atoms. The molecule has 12 nitrogen and oxygen atoms in total. The van der Waals surface area contributed by atoms with E-state index in [-0.39, 0.29) is 41.8 Å². The van der Waals surface area contributed by atoms with Crippen molar-refractivity contribution < 1.29 is 59.1 Å². The summed E-state index contributed by atoms with van der Waals surface area (Å²) in [5.41, 5.74) is -1.36. The minimum Gasteiger partial charge on any atom is -0.459 e. The van der Waals surface area contributed by atoms with Crippen LogP contribution in [0, 0.1) is 45.3 Å². The Hall–Kier alpha value is -1.19. The van der Waals surface area contributed by atoms with Crippen LogP contribution < -0.4 is 0 Å². The molecule has 3 saturated heterocycles. The number of aliphatic hydroxyl groups excluding tert-OH is 6. The van der Waals surface area contributed by atoms with E-state index in [2.05, 4.69) is 54.5 Å². The summed E-state index contributed by atoms with van der Waals surface area (Å²) >= 11 is 0. The predicted octanol–water partition coefficient (Wildman–Crippen LogP) is 3.36. The zero-order chi connectivity index (χ0) is 38.6. The van der Waals surface area contributed by atoms with Gasteiger partial charge >= 0.3 is 5.97 Å². The molecule has 7 rings (SSSR count). The fraction of sp³-hybridized carbons (Fsp3) is 0.927. The molecular formula is C41H66O12. The van der Waals surface area contributed by atoms with E-state index in [4.69, 9.17) is 23.7 Å². The molecule has 7 aliphatic rings. The molecule has 6 fully saturated rings. The van der Waals surface area contributed by atoms with Crippen molar-refractivity contribution in [1.82, 2.24) is 0 Å². The van der Waals surface area contributed by atoms with Gasteiger partial charge in [0.05, 0.1) is 24.9 Å². The summed E-state index contributed by atoms with van der Waals surface area (Å²) in [5, 5.41) is 65.1. The molecule has 4 aliphatic carbocycles. The summed E-state index contributed by atoms with van der Waals surface area (Å²) < 4.78 is 30.7. The first-order valence-corrected chi connectivity index (χ1v) is 20.4. The SMILES string of the molecule is CC(C)CCC[C@]1(C)OC(=O)[C@]23[C@@H](O)C=C4C(CCC5C(C)(C)[C@@H](O[C@@H]6OC[C@@H](O)[C@H](O)[C@H]6O[C@@H]6O[C@H](C)[C@@H](O)[C@H](O)[C@H]6O)CC[C@]45C)[C@]2(C)CC[C@@H]31. The average molecular weight is 751 g/mol. The van der Waals surface area contributed by atoms with E-state index in [1.54, 1.807) is 6.92 Å². The van der Waals surface area contributed by atoms with Crippen LogP contribution in [0.3, 0.4) is 0 Å². The van der Waals surface area contributed by atoms with Crippen LogP contribution in [0.5, 0.6) is 0 Å². The number of aliphatic hydroxyl groups is 6. The van der Waals surface area contributed by atoms with Gasteiger partial charge in [0.2, 0.25) is 0 Å². The summed E-state index contributed by atoms with van der Waals surface area (Å²) in [6.45, 7) is 16.9. The fourth-order valence-corrected chi connectivity index (χ4v) is 12.9. The van der Waals surface area contributed by atoms with Gasteiger partial charge in [0.15, 0.2) is 12.6 Å². The number of carbonyl (C=O) groups is 1. The number of fused-ring (bicyclic) bond motifs is 4. The van der Waals surface area contributed by atoms with Crippen molar-refractivity contribution in [3.63, 3.8) is 0 Å². The third-order valence-corrected chi connectivity index (χ3v) is 15.9. The highest BCUT2D eigenvalue weighted by atomic mass is 16.8. The first kappa shape index (κ1) is 40.0. The number of cyclic esters (lactones) is 1. The van der Waals surface area contributed by atoms with Crippen molar-refractivity contribution >= 4 is 5.97 Å². The van der Waals surface area contributed by atoms with Gasteiger partial charge in [-0.15, -0.1) is 0 Å². The summed E-state index contributed by atoms with van der Waals surface area (Å²) in [4.78, 5) is 14.2. The second-order valence-electron chi connectivity index (χ2n) is 19.6. The van der Waals surface area contributed by atoms with Crippen molar-refractivity contribution in [3.8, 4) is 0 Å². The van der Waals surface area contributed by atoms with Crippen molar-refractivity contribution in [2.75, 3.05) is 6.61 Å². The lowest BCUT2D eigenvalue weighted by Gasteiger charge is -2.64. The second-order valence-corrected chi connectivity index (χ2v) is 19.6. The van der Waals surface area contributed by atoms with E-state index in [1.165, 1.54) is 5.57 Å². The van der Waals surface area contributed by atoms with Gasteiger partial charge in [0.1, 0.15) is 47.6 Å². The quantitative estimate of drug-likeness (QED) is 0.121. The molecule has 1 spiro atoms. The van der Waals surface area contributed by atoms with E-state index in [9.17, 15) is 35.4 Å². The summed E-state index contributed by atoms with van der Waals surface area (Å²) in [7, 11) is 0. The molecular weight excluding hydrogens is 684 g/mol. The summed E-state index contributed by atoms with van der Waals surface area (Å²) in [6.07, 6.45) is -3.12.